The van der Waals surface area contributed by atoms with Crippen LogP contribution in [0.15, 0.2) is 39.7 Å². The number of hydrogen-bond donors (Lipinski definition) is 1. The van der Waals surface area contributed by atoms with Gasteiger partial charge < -0.3 is 9.73 Å². The molecule has 0 spiro atoms. The summed E-state index contributed by atoms with van der Waals surface area (Å²) in [6, 6.07) is 6.16. The molecule has 0 aliphatic rings. The molecule has 0 saturated heterocycles. The summed E-state index contributed by atoms with van der Waals surface area (Å²) in [6.07, 6.45) is 1.34. The molecule has 2 rings (SSSR count). The molecule has 0 bridgehead atoms. The molecular formula is C11H8ClNO3. The second-order valence-corrected chi connectivity index (χ2v) is 3.44. The van der Waals surface area contributed by atoms with Crippen LogP contribution in [0.25, 0.3) is 11.0 Å². The third-order valence-corrected chi connectivity index (χ3v) is 2.31. The Morgan fingerprint density at radius 3 is 2.94 bits per heavy atom. The van der Waals surface area contributed by atoms with Crippen LogP contribution in [0.5, 0.6) is 0 Å². The average Bonchev–Trinajstić information content (AvgIpc) is 2.30. The van der Waals surface area contributed by atoms with Crippen molar-refractivity contribution < 1.29 is 9.21 Å². The summed E-state index contributed by atoms with van der Waals surface area (Å²) in [4.78, 5) is 22.5. The maximum atomic E-state index is 11.5. The molecule has 0 radical (unpaired) electrons. The highest BCUT2D eigenvalue weighted by molar-refractivity contribution is 6.29. The van der Waals surface area contributed by atoms with Gasteiger partial charge in [-0.15, -0.1) is 11.6 Å². The number of anilines is 1. The molecule has 1 amide bonds. The van der Waals surface area contributed by atoms with Crippen LogP contribution in [0.3, 0.4) is 0 Å². The van der Waals surface area contributed by atoms with Crippen molar-refractivity contribution in [1.29, 1.82) is 0 Å². The molecule has 1 heterocycles. The van der Waals surface area contributed by atoms with Crippen molar-refractivity contribution >= 4 is 34.2 Å². The summed E-state index contributed by atoms with van der Waals surface area (Å²) in [5, 5.41) is 2.99. The number of rotatable bonds is 2. The van der Waals surface area contributed by atoms with Crippen LogP contribution in [0.2, 0.25) is 0 Å². The van der Waals surface area contributed by atoms with Gasteiger partial charge in [0.25, 0.3) is 0 Å². The van der Waals surface area contributed by atoms with Gasteiger partial charge in [0.15, 0.2) is 5.43 Å². The topological polar surface area (TPSA) is 59.3 Å². The summed E-state index contributed by atoms with van der Waals surface area (Å²) < 4.78 is 5.14. The summed E-state index contributed by atoms with van der Waals surface area (Å²) in [6.45, 7) is 0. The molecule has 4 nitrogen and oxygen atoms in total. The SMILES string of the molecule is O=C(CCl)Nc1ccc2occc(=O)c2c1. The van der Waals surface area contributed by atoms with Gasteiger partial charge in [-0.05, 0) is 18.2 Å². The van der Waals surface area contributed by atoms with Crippen molar-refractivity contribution in [1.82, 2.24) is 0 Å². The van der Waals surface area contributed by atoms with Gasteiger partial charge in [0.2, 0.25) is 5.91 Å². The summed E-state index contributed by atoms with van der Waals surface area (Å²) >= 11 is 5.36. The number of halogens is 1. The first kappa shape index (κ1) is 10.7. The van der Waals surface area contributed by atoms with Gasteiger partial charge in [-0.1, -0.05) is 0 Å². The van der Waals surface area contributed by atoms with Crippen LogP contribution in [0, 0.1) is 0 Å². The van der Waals surface area contributed by atoms with Crippen LogP contribution >= 0.6 is 11.6 Å². The number of nitrogens with one attached hydrogen (secondary N) is 1. The molecule has 0 aliphatic heterocycles. The average molecular weight is 238 g/mol. The predicted octanol–water partition coefficient (Wildman–Crippen LogP) is 1.97. The van der Waals surface area contributed by atoms with Crippen LogP contribution < -0.4 is 10.7 Å². The minimum atomic E-state index is -0.318. The van der Waals surface area contributed by atoms with Gasteiger partial charge in [-0.2, -0.15) is 0 Å². The molecule has 1 aromatic carbocycles. The molecule has 0 unspecified atom stereocenters. The first-order valence-electron chi connectivity index (χ1n) is 4.58. The summed E-state index contributed by atoms with van der Waals surface area (Å²) in [5.41, 5.74) is 0.858. The Bertz CT molecular complexity index is 591. The van der Waals surface area contributed by atoms with Crippen molar-refractivity contribution in [3.63, 3.8) is 0 Å². The van der Waals surface area contributed by atoms with E-state index in [1.54, 1.807) is 18.2 Å². The lowest BCUT2D eigenvalue weighted by atomic mass is 10.2. The van der Waals surface area contributed by atoms with Crippen LogP contribution in [0.1, 0.15) is 0 Å². The molecule has 5 heteroatoms. The number of amides is 1. The van der Waals surface area contributed by atoms with Crippen molar-refractivity contribution in [2.45, 2.75) is 0 Å². The van der Waals surface area contributed by atoms with E-state index in [1.807, 2.05) is 0 Å². The highest BCUT2D eigenvalue weighted by atomic mass is 35.5. The van der Waals surface area contributed by atoms with Crippen molar-refractivity contribution in [2.24, 2.45) is 0 Å². The molecular weight excluding hydrogens is 230 g/mol. The van der Waals surface area contributed by atoms with E-state index >= 15 is 0 Å². The largest absolute Gasteiger partial charge is 0.464 e. The lowest BCUT2D eigenvalue weighted by molar-refractivity contribution is -0.113. The van der Waals surface area contributed by atoms with E-state index in [0.717, 1.165) is 0 Å². The second kappa shape index (κ2) is 4.37. The first-order valence-corrected chi connectivity index (χ1v) is 5.11. The van der Waals surface area contributed by atoms with Gasteiger partial charge in [-0.25, -0.2) is 0 Å². The van der Waals surface area contributed by atoms with Crippen molar-refractivity contribution in [2.75, 3.05) is 11.2 Å². The van der Waals surface area contributed by atoms with Crippen LogP contribution in [-0.4, -0.2) is 11.8 Å². The monoisotopic (exact) mass is 237 g/mol. The Labute approximate surface area is 95.8 Å². The number of carbonyl (C=O) groups is 1. The Balaban J connectivity index is 2.47. The summed E-state index contributed by atoms with van der Waals surface area (Å²) in [5.74, 6) is -0.442. The van der Waals surface area contributed by atoms with E-state index < -0.39 is 0 Å². The highest BCUT2D eigenvalue weighted by Gasteiger charge is 2.04. The number of hydrogen-bond acceptors (Lipinski definition) is 3. The predicted molar refractivity (Wildman–Crippen MR) is 61.8 cm³/mol. The van der Waals surface area contributed by atoms with Crippen molar-refractivity contribution in [3.8, 4) is 0 Å². The molecule has 16 heavy (non-hydrogen) atoms. The lowest BCUT2D eigenvalue weighted by Gasteiger charge is -2.03. The fraction of sp³-hybridized carbons (Fsp3) is 0.0909. The maximum Gasteiger partial charge on any atom is 0.239 e. The number of alkyl halides is 1. The fourth-order valence-corrected chi connectivity index (χ4v) is 1.42. The quantitative estimate of drug-likeness (QED) is 0.813. The zero-order valence-electron chi connectivity index (χ0n) is 8.20. The van der Waals surface area contributed by atoms with Gasteiger partial charge in [0.05, 0.1) is 11.6 Å². The minimum absolute atomic E-state index is 0.124. The third kappa shape index (κ3) is 2.06. The third-order valence-electron chi connectivity index (χ3n) is 2.06. The highest BCUT2D eigenvalue weighted by Crippen LogP contribution is 2.15. The lowest BCUT2D eigenvalue weighted by Crippen LogP contribution is -2.12. The fourth-order valence-electron chi connectivity index (χ4n) is 1.36. The maximum absolute atomic E-state index is 11.5. The first-order chi connectivity index (χ1) is 7.70. The smallest absolute Gasteiger partial charge is 0.239 e. The number of benzene rings is 1. The molecule has 0 fully saturated rings. The van der Waals surface area contributed by atoms with E-state index in [2.05, 4.69) is 5.32 Å². The van der Waals surface area contributed by atoms with E-state index in [1.165, 1.54) is 12.3 Å². The van der Waals surface area contributed by atoms with Gasteiger partial charge in [-0.3, -0.25) is 9.59 Å². The number of carbonyl (C=O) groups excluding carboxylic acids is 1. The molecule has 0 atom stereocenters. The van der Waals surface area contributed by atoms with Gasteiger partial charge >= 0.3 is 0 Å². The minimum Gasteiger partial charge on any atom is -0.464 e. The molecule has 0 saturated carbocycles. The molecule has 0 aliphatic carbocycles. The van der Waals surface area contributed by atoms with Crippen LogP contribution in [-0.2, 0) is 4.79 Å². The molecule has 2 aromatic rings. The van der Waals surface area contributed by atoms with Gasteiger partial charge in [0, 0.05) is 11.8 Å². The standard InChI is InChI=1S/C11H8ClNO3/c12-6-11(15)13-7-1-2-10-8(5-7)9(14)3-4-16-10/h1-5H,6H2,(H,13,15). The zero-order chi connectivity index (χ0) is 11.5. The zero-order valence-corrected chi connectivity index (χ0v) is 8.95. The van der Waals surface area contributed by atoms with E-state index in [9.17, 15) is 9.59 Å². The number of fused-ring (bicyclic) bond motifs is 1. The van der Waals surface area contributed by atoms with E-state index in [4.69, 9.17) is 16.0 Å². The summed E-state index contributed by atoms with van der Waals surface area (Å²) in [7, 11) is 0. The Morgan fingerprint density at radius 1 is 1.38 bits per heavy atom. The van der Waals surface area contributed by atoms with Crippen molar-refractivity contribution in [3.05, 3.63) is 40.8 Å². The molecule has 1 aromatic heterocycles. The molecule has 82 valence electrons. The second-order valence-electron chi connectivity index (χ2n) is 3.18. The van der Waals surface area contributed by atoms with E-state index in [0.29, 0.717) is 16.7 Å². The van der Waals surface area contributed by atoms with Crippen LogP contribution in [0.4, 0.5) is 5.69 Å². The Kier molecular flexibility index (Phi) is 2.92. The van der Waals surface area contributed by atoms with E-state index in [-0.39, 0.29) is 17.2 Å². The normalized spacial score (nSPS) is 10.3. The Morgan fingerprint density at radius 2 is 2.19 bits per heavy atom. The van der Waals surface area contributed by atoms with Gasteiger partial charge in [0.1, 0.15) is 11.5 Å². The molecule has 1 N–H and O–H groups in total. The Hall–Kier alpha value is -1.81.